The molecular weight excluding hydrogens is 498 g/mol. The minimum atomic E-state index is -0.924. The first-order chi connectivity index (χ1) is 18.4. The Balaban J connectivity index is 2.12. The summed E-state index contributed by atoms with van der Waals surface area (Å²) in [4.78, 5) is 51.2. The summed E-state index contributed by atoms with van der Waals surface area (Å²) in [5, 5.41) is 8.33. The monoisotopic (exact) mass is 539 g/mol. The van der Waals surface area contributed by atoms with Gasteiger partial charge in [0.05, 0.1) is 7.11 Å². The second-order valence-electron chi connectivity index (χ2n) is 10.8. The van der Waals surface area contributed by atoms with Crippen LogP contribution in [0.4, 0.5) is 4.79 Å². The molecule has 212 valence electrons. The number of benzene rings is 2. The molecule has 2 aromatic carbocycles. The molecule has 0 radical (unpaired) electrons. The van der Waals surface area contributed by atoms with Gasteiger partial charge in [0.15, 0.2) is 0 Å². The van der Waals surface area contributed by atoms with Gasteiger partial charge < -0.3 is 25.4 Å². The normalized spacial score (nSPS) is 13.5. The number of hydrogen-bond donors (Lipinski definition) is 3. The van der Waals surface area contributed by atoms with Crippen LogP contribution in [0.2, 0.25) is 0 Å². The van der Waals surface area contributed by atoms with Crippen molar-refractivity contribution < 1.29 is 28.7 Å². The highest BCUT2D eigenvalue weighted by Gasteiger charge is 2.29. The molecule has 9 heteroatoms. The van der Waals surface area contributed by atoms with Gasteiger partial charge in [-0.2, -0.15) is 0 Å². The number of ether oxygens (including phenoxy) is 2. The molecule has 0 aliphatic carbocycles. The zero-order valence-corrected chi connectivity index (χ0v) is 23.7. The molecule has 0 aromatic heterocycles. The van der Waals surface area contributed by atoms with Gasteiger partial charge in [-0.1, -0.05) is 74.5 Å². The van der Waals surface area contributed by atoms with Crippen LogP contribution in [0.3, 0.4) is 0 Å². The van der Waals surface area contributed by atoms with Crippen LogP contribution in [0.1, 0.15) is 52.2 Å². The molecule has 0 aliphatic heterocycles. The fourth-order valence-corrected chi connectivity index (χ4v) is 3.88. The van der Waals surface area contributed by atoms with E-state index in [4.69, 9.17) is 9.47 Å². The van der Waals surface area contributed by atoms with E-state index >= 15 is 0 Å². The van der Waals surface area contributed by atoms with Crippen LogP contribution in [-0.4, -0.2) is 54.7 Å². The van der Waals surface area contributed by atoms with Gasteiger partial charge in [-0.3, -0.25) is 9.59 Å². The number of nitrogens with one attached hydrogen (secondary N) is 3. The van der Waals surface area contributed by atoms with E-state index in [9.17, 15) is 19.2 Å². The maximum Gasteiger partial charge on any atom is 0.408 e. The Bertz CT molecular complexity index is 1080. The molecule has 0 spiro atoms. The Labute approximate surface area is 231 Å². The van der Waals surface area contributed by atoms with Gasteiger partial charge in [-0.25, -0.2) is 9.59 Å². The number of rotatable bonds is 12. The van der Waals surface area contributed by atoms with E-state index in [-0.39, 0.29) is 25.2 Å². The number of hydrogen-bond acceptors (Lipinski definition) is 6. The maximum absolute atomic E-state index is 13.4. The third-order valence-corrected chi connectivity index (χ3v) is 5.93. The number of amides is 3. The van der Waals surface area contributed by atoms with E-state index in [0.29, 0.717) is 0 Å². The first kappa shape index (κ1) is 31.3. The Morgan fingerprint density at radius 3 is 1.74 bits per heavy atom. The Morgan fingerprint density at radius 1 is 0.769 bits per heavy atom. The van der Waals surface area contributed by atoms with Gasteiger partial charge in [0.25, 0.3) is 0 Å². The van der Waals surface area contributed by atoms with Crippen LogP contribution in [-0.2, 0) is 36.7 Å². The smallest absolute Gasteiger partial charge is 0.408 e. The lowest BCUT2D eigenvalue weighted by Crippen LogP contribution is -2.54. The number of methoxy groups -OCH3 is 1. The number of carbonyl (C=O) groups excluding carboxylic acids is 4. The molecule has 9 nitrogen and oxygen atoms in total. The fourth-order valence-electron chi connectivity index (χ4n) is 3.88. The van der Waals surface area contributed by atoms with Crippen LogP contribution < -0.4 is 16.0 Å². The largest absolute Gasteiger partial charge is 0.467 e. The van der Waals surface area contributed by atoms with E-state index in [2.05, 4.69) is 16.0 Å². The standard InChI is InChI=1S/C30H41N3O6/c1-20(2)23(19-26(34)31-25(28(36)38-6)18-22-15-11-8-12-16-22)32-27(35)24(17-21-13-9-7-10-14-21)33-29(37)39-30(3,4)5/h7-16,20,23-25H,17-19H2,1-6H3,(H,31,34)(H,32,35)(H,33,37)/t23-,24+,25+/m0/s1. The first-order valence-electron chi connectivity index (χ1n) is 13.1. The van der Waals surface area contributed by atoms with Gasteiger partial charge in [-0.05, 0) is 37.8 Å². The Kier molecular flexibility index (Phi) is 12.0. The van der Waals surface area contributed by atoms with Crippen molar-refractivity contribution >= 4 is 23.9 Å². The topological polar surface area (TPSA) is 123 Å². The SMILES string of the molecule is COC(=O)[C@@H](Cc1ccccc1)NC(=O)C[C@H](NC(=O)[C@@H](Cc1ccccc1)NC(=O)OC(C)(C)C)C(C)C. The lowest BCUT2D eigenvalue weighted by molar-refractivity contribution is -0.145. The molecule has 0 saturated carbocycles. The molecule has 2 rings (SSSR count). The average Bonchev–Trinajstić information content (AvgIpc) is 2.87. The zero-order valence-electron chi connectivity index (χ0n) is 23.7. The van der Waals surface area contributed by atoms with Crippen molar-refractivity contribution in [1.82, 2.24) is 16.0 Å². The molecule has 3 atom stereocenters. The van der Waals surface area contributed by atoms with Gasteiger partial charge in [0.2, 0.25) is 11.8 Å². The van der Waals surface area contributed by atoms with Gasteiger partial charge in [0, 0.05) is 25.3 Å². The summed E-state index contributed by atoms with van der Waals surface area (Å²) >= 11 is 0. The molecule has 3 amide bonds. The van der Waals surface area contributed by atoms with Crippen molar-refractivity contribution in [1.29, 1.82) is 0 Å². The highest BCUT2D eigenvalue weighted by atomic mass is 16.6. The average molecular weight is 540 g/mol. The highest BCUT2D eigenvalue weighted by Crippen LogP contribution is 2.12. The second kappa shape index (κ2) is 14.9. The van der Waals surface area contributed by atoms with Gasteiger partial charge in [0.1, 0.15) is 17.7 Å². The second-order valence-corrected chi connectivity index (χ2v) is 10.8. The van der Waals surface area contributed by atoms with E-state index in [0.717, 1.165) is 11.1 Å². The summed E-state index contributed by atoms with van der Waals surface area (Å²) in [6.07, 6.45) is -0.253. The van der Waals surface area contributed by atoms with Crippen molar-refractivity contribution in [2.45, 2.75) is 77.6 Å². The van der Waals surface area contributed by atoms with Crippen LogP contribution >= 0.6 is 0 Å². The third-order valence-electron chi connectivity index (χ3n) is 5.93. The van der Waals surface area contributed by atoms with E-state index in [1.807, 2.05) is 74.5 Å². The molecular formula is C30H41N3O6. The predicted molar refractivity (Wildman–Crippen MR) is 149 cm³/mol. The molecule has 3 N–H and O–H groups in total. The van der Waals surface area contributed by atoms with Crippen molar-refractivity contribution in [2.75, 3.05) is 7.11 Å². The van der Waals surface area contributed by atoms with Crippen molar-refractivity contribution in [3.05, 3.63) is 71.8 Å². The molecule has 2 aromatic rings. The summed E-state index contributed by atoms with van der Waals surface area (Å²) < 4.78 is 10.2. The summed E-state index contributed by atoms with van der Waals surface area (Å²) in [6, 6.07) is 16.3. The molecule has 0 aliphatic rings. The Morgan fingerprint density at radius 2 is 1.28 bits per heavy atom. The van der Waals surface area contributed by atoms with Crippen LogP contribution in [0.15, 0.2) is 60.7 Å². The van der Waals surface area contributed by atoms with Crippen molar-refractivity contribution in [2.24, 2.45) is 5.92 Å². The molecule has 0 saturated heterocycles. The summed E-state index contributed by atoms with van der Waals surface area (Å²) in [7, 11) is 1.27. The van der Waals surface area contributed by atoms with Gasteiger partial charge in [-0.15, -0.1) is 0 Å². The minimum Gasteiger partial charge on any atom is -0.467 e. The van der Waals surface area contributed by atoms with Gasteiger partial charge >= 0.3 is 12.1 Å². The lowest BCUT2D eigenvalue weighted by atomic mass is 9.98. The fraction of sp³-hybridized carbons (Fsp3) is 0.467. The predicted octanol–water partition coefficient (Wildman–Crippen LogP) is 3.55. The van der Waals surface area contributed by atoms with E-state index in [1.165, 1.54) is 7.11 Å². The van der Waals surface area contributed by atoms with Crippen LogP contribution in [0.5, 0.6) is 0 Å². The Hall–Kier alpha value is -3.88. The third kappa shape index (κ3) is 11.6. The summed E-state index contributed by atoms with van der Waals surface area (Å²) in [5.41, 5.74) is 1.00. The highest BCUT2D eigenvalue weighted by molar-refractivity contribution is 5.88. The van der Waals surface area contributed by atoms with E-state index < -0.39 is 47.6 Å². The lowest BCUT2D eigenvalue weighted by Gasteiger charge is -2.27. The first-order valence-corrected chi connectivity index (χ1v) is 13.1. The molecule has 0 fully saturated rings. The zero-order chi connectivity index (χ0) is 29.0. The van der Waals surface area contributed by atoms with Crippen LogP contribution in [0, 0.1) is 5.92 Å². The minimum absolute atomic E-state index is 0.0593. The number of alkyl carbamates (subject to hydrolysis) is 1. The molecule has 39 heavy (non-hydrogen) atoms. The molecule has 0 unspecified atom stereocenters. The number of esters is 1. The summed E-state index contributed by atoms with van der Waals surface area (Å²) in [6.45, 7) is 8.99. The van der Waals surface area contributed by atoms with Crippen molar-refractivity contribution in [3.8, 4) is 0 Å². The number of carbonyl (C=O) groups is 4. The van der Waals surface area contributed by atoms with Crippen molar-refractivity contribution in [3.63, 3.8) is 0 Å². The molecule has 0 bridgehead atoms. The quantitative estimate of drug-likeness (QED) is 0.355. The van der Waals surface area contributed by atoms with Crippen LogP contribution in [0.25, 0.3) is 0 Å². The molecule has 0 heterocycles. The maximum atomic E-state index is 13.4. The van der Waals surface area contributed by atoms with E-state index in [1.54, 1.807) is 20.8 Å². The summed E-state index contributed by atoms with van der Waals surface area (Å²) in [5.74, 6) is -1.50.